The highest BCUT2D eigenvalue weighted by atomic mass is 79.9. The van der Waals surface area contributed by atoms with Gasteiger partial charge in [-0.2, -0.15) is 0 Å². The molecule has 1 unspecified atom stereocenters. The lowest BCUT2D eigenvalue weighted by Crippen LogP contribution is -2.19. The first kappa shape index (κ1) is 14.6. The Hall–Kier alpha value is -0.850. The van der Waals surface area contributed by atoms with Crippen molar-refractivity contribution in [2.24, 2.45) is 0 Å². The normalized spacial score (nSPS) is 12.6. The molecular weight excluding hydrogens is 329 g/mol. The van der Waals surface area contributed by atoms with Crippen molar-refractivity contribution in [2.75, 3.05) is 6.54 Å². The van der Waals surface area contributed by atoms with E-state index in [1.807, 2.05) is 0 Å². The predicted molar refractivity (Wildman–Crippen MR) is 79.7 cm³/mol. The number of nitrogens with zero attached hydrogens (tertiary/aromatic N) is 2. The van der Waals surface area contributed by atoms with Gasteiger partial charge >= 0.3 is 0 Å². The molecule has 0 fully saturated rings. The summed E-state index contributed by atoms with van der Waals surface area (Å²) in [6.07, 6.45) is 0.965. The van der Waals surface area contributed by atoms with E-state index in [0.717, 1.165) is 28.5 Å². The number of benzene rings is 1. The molecule has 0 aliphatic heterocycles. The number of hydrogen-bond donors (Lipinski definition) is 1. The second kappa shape index (κ2) is 6.54. The summed E-state index contributed by atoms with van der Waals surface area (Å²) < 4.78 is 13.8. The summed E-state index contributed by atoms with van der Waals surface area (Å²) in [6, 6.07) is 4.83. The largest absolute Gasteiger partial charge is 0.308 e. The second-order valence-electron chi connectivity index (χ2n) is 4.09. The molecule has 6 heteroatoms. The molecule has 0 saturated heterocycles. The van der Waals surface area contributed by atoms with Crippen molar-refractivity contribution in [3.8, 4) is 10.6 Å². The number of hydrogen-bond acceptors (Lipinski definition) is 4. The van der Waals surface area contributed by atoms with Crippen LogP contribution >= 0.6 is 27.3 Å². The van der Waals surface area contributed by atoms with Crippen LogP contribution in [0.25, 0.3) is 10.6 Å². The van der Waals surface area contributed by atoms with Crippen molar-refractivity contribution in [2.45, 2.75) is 26.3 Å². The Morgan fingerprint density at radius 3 is 2.79 bits per heavy atom. The summed E-state index contributed by atoms with van der Waals surface area (Å²) in [4.78, 5) is 0. The molecule has 102 valence electrons. The van der Waals surface area contributed by atoms with E-state index in [4.69, 9.17) is 0 Å². The molecule has 2 aromatic rings. The molecule has 1 N–H and O–H groups in total. The Morgan fingerprint density at radius 1 is 1.37 bits per heavy atom. The van der Waals surface area contributed by atoms with Crippen molar-refractivity contribution >= 4 is 27.3 Å². The molecule has 0 radical (unpaired) electrons. The smallest absolute Gasteiger partial charge is 0.148 e. The molecular formula is C13H15BrFN3S. The quantitative estimate of drug-likeness (QED) is 0.885. The van der Waals surface area contributed by atoms with E-state index >= 15 is 0 Å². The summed E-state index contributed by atoms with van der Waals surface area (Å²) in [5.41, 5.74) is 0.872. The van der Waals surface area contributed by atoms with Gasteiger partial charge in [-0.05, 0) is 47.1 Å². The van der Waals surface area contributed by atoms with Gasteiger partial charge in [0, 0.05) is 10.0 Å². The second-order valence-corrected chi connectivity index (χ2v) is 5.95. The van der Waals surface area contributed by atoms with Crippen LogP contribution in [0, 0.1) is 5.82 Å². The Balaban J connectivity index is 2.29. The Bertz CT molecular complexity index is 559. The summed E-state index contributed by atoms with van der Waals surface area (Å²) in [5, 5.41) is 13.6. The number of nitrogens with one attached hydrogen (secondary N) is 1. The van der Waals surface area contributed by atoms with Gasteiger partial charge in [-0.1, -0.05) is 25.2 Å². The number of rotatable bonds is 5. The van der Waals surface area contributed by atoms with E-state index in [9.17, 15) is 4.39 Å². The maximum Gasteiger partial charge on any atom is 0.148 e. The van der Waals surface area contributed by atoms with Crippen LogP contribution in [0.5, 0.6) is 0 Å². The van der Waals surface area contributed by atoms with Crippen molar-refractivity contribution in [1.29, 1.82) is 0 Å². The maximum atomic E-state index is 13.1. The van der Waals surface area contributed by atoms with Gasteiger partial charge < -0.3 is 5.32 Å². The lowest BCUT2D eigenvalue weighted by molar-refractivity contribution is 0.531. The molecule has 2 rings (SSSR count). The topological polar surface area (TPSA) is 37.8 Å². The lowest BCUT2D eigenvalue weighted by Gasteiger charge is -2.11. The van der Waals surface area contributed by atoms with Gasteiger partial charge in [-0.15, -0.1) is 10.2 Å². The first-order valence-corrected chi connectivity index (χ1v) is 7.78. The molecule has 0 aliphatic rings. The standard InChI is InChI=1S/C13H15BrFN3S/c1-3-11(16-4-2)13-18-17-12(19-13)9-6-5-8(15)7-10(9)14/h5-7,11,16H,3-4H2,1-2H3. The Labute approximate surface area is 124 Å². The minimum Gasteiger partial charge on any atom is -0.308 e. The lowest BCUT2D eigenvalue weighted by atomic mass is 10.2. The van der Waals surface area contributed by atoms with Crippen molar-refractivity contribution in [3.05, 3.63) is 33.5 Å². The van der Waals surface area contributed by atoms with Crippen LogP contribution in [-0.4, -0.2) is 16.7 Å². The third-order valence-corrected chi connectivity index (χ3v) is 4.49. The fourth-order valence-electron chi connectivity index (χ4n) is 1.80. The highest BCUT2D eigenvalue weighted by Gasteiger charge is 2.16. The Kier molecular flexibility index (Phi) is 5.01. The molecule has 19 heavy (non-hydrogen) atoms. The molecule has 1 atom stereocenters. The molecule has 1 aromatic heterocycles. The van der Waals surface area contributed by atoms with E-state index in [2.05, 4.69) is 45.3 Å². The van der Waals surface area contributed by atoms with Crippen LogP contribution < -0.4 is 5.32 Å². The third kappa shape index (κ3) is 3.38. The highest BCUT2D eigenvalue weighted by molar-refractivity contribution is 9.10. The van der Waals surface area contributed by atoms with Gasteiger partial charge in [0.1, 0.15) is 15.8 Å². The first-order valence-electron chi connectivity index (χ1n) is 6.17. The minimum absolute atomic E-state index is 0.232. The van der Waals surface area contributed by atoms with E-state index in [-0.39, 0.29) is 11.9 Å². The van der Waals surface area contributed by atoms with E-state index in [0.29, 0.717) is 4.47 Å². The number of aromatic nitrogens is 2. The molecule has 0 spiro atoms. The van der Waals surface area contributed by atoms with Crippen molar-refractivity contribution < 1.29 is 4.39 Å². The van der Waals surface area contributed by atoms with Crippen LogP contribution in [0.3, 0.4) is 0 Å². The van der Waals surface area contributed by atoms with Crippen LogP contribution in [0.4, 0.5) is 4.39 Å². The van der Waals surface area contributed by atoms with Gasteiger partial charge in [0.2, 0.25) is 0 Å². The fourth-order valence-corrected chi connectivity index (χ4v) is 3.51. The molecule has 3 nitrogen and oxygen atoms in total. The van der Waals surface area contributed by atoms with Gasteiger partial charge in [0.25, 0.3) is 0 Å². The molecule has 0 bridgehead atoms. The average Bonchev–Trinajstić information content (AvgIpc) is 2.85. The summed E-state index contributed by atoms with van der Waals surface area (Å²) >= 11 is 4.90. The van der Waals surface area contributed by atoms with Crippen LogP contribution in [0.15, 0.2) is 22.7 Å². The van der Waals surface area contributed by atoms with Crippen LogP contribution in [-0.2, 0) is 0 Å². The molecule has 1 heterocycles. The van der Waals surface area contributed by atoms with Gasteiger partial charge in [-0.25, -0.2) is 4.39 Å². The van der Waals surface area contributed by atoms with E-state index < -0.39 is 0 Å². The predicted octanol–water partition coefficient (Wildman–Crippen LogP) is 4.17. The highest BCUT2D eigenvalue weighted by Crippen LogP contribution is 2.33. The molecule has 0 aliphatic carbocycles. The monoisotopic (exact) mass is 343 g/mol. The molecule has 1 aromatic carbocycles. The van der Waals surface area contributed by atoms with Crippen LogP contribution in [0.1, 0.15) is 31.3 Å². The maximum absolute atomic E-state index is 13.1. The third-order valence-electron chi connectivity index (χ3n) is 2.76. The van der Waals surface area contributed by atoms with Crippen molar-refractivity contribution in [1.82, 2.24) is 15.5 Å². The first-order chi connectivity index (χ1) is 9.15. The average molecular weight is 344 g/mol. The zero-order chi connectivity index (χ0) is 13.8. The SMILES string of the molecule is CCNC(CC)c1nnc(-c2ccc(F)cc2Br)s1. The molecule has 0 saturated carbocycles. The summed E-state index contributed by atoms with van der Waals surface area (Å²) in [6.45, 7) is 5.08. The van der Waals surface area contributed by atoms with Gasteiger partial charge in [-0.3, -0.25) is 0 Å². The van der Waals surface area contributed by atoms with Crippen LogP contribution in [0.2, 0.25) is 0 Å². The summed E-state index contributed by atoms with van der Waals surface area (Å²) in [5.74, 6) is -0.264. The summed E-state index contributed by atoms with van der Waals surface area (Å²) in [7, 11) is 0. The Morgan fingerprint density at radius 2 is 2.16 bits per heavy atom. The van der Waals surface area contributed by atoms with Crippen molar-refractivity contribution in [3.63, 3.8) is 0 Å². The molecule has 0 amide bonds. The number of halogens is 2. The minimum atomic E-state index is -0.264. The zero-order valence-corrected chi connectivity index (χ0v) is 13.2. The fraction of sp³-hybridized carbons (Fsp3) is 0.385. The van der Waals surface area contributed by atoms with E-state index in [1.165, 1.54) is 12.1 Å². The van der Waals surface area contributed by atoms with E-state index in [1.54, 1.807) is 17.4 Å². The van der Waals surface area contributed by atoms with Gasteiger partial charge in [0.15, 0.2) is 0 Å². The van der Waals surface area contributed by atoms with Gasteiger partial charge in [0.05, 0.1) is 6.04 Å². The zero-order valence-electron chi connectivity index (χ0n) is 10.8.